The molecule has 0 saturated carbocycles. The molecule has 0 unspecified atom stereocenters. The van der Waals surface area contributed by atoms with Crippen molar-refractivity contribution in [1.29, 1.82) is 0 Å². The highest BCUT2D eigenvalue weighted by atomic mass is 16.5. The van der Waals surface area contributed by atoms with E-state index in [-0.39, 0.29) is 90.6 Å². The van der Waals surface area contributed by atoms with Gasteiger partial charge in [0.05, 0.1) is 84.0 Å². The number of benzene rings is 11. The Kier molecular flexibility index (Phi) is 10.2. The Hall–Kier alpha value is -11.4. The Labute approximate surface area is 462 Å². The molecule has 18 heteroatoms. The average Bonchev–Trinajstić information content (AvgIpc) is 2.31. The molecule has 82 heavy (non-hydrogen) atoms. The van der Waals surface area contributed by atoms with Crippen LogP contribution < -0.4 is 71.9 Å². The number of aromatic nitrogens is 4. The monoisotopic (exact) mass is 1080 g/mol. The van der Waals surface area contributed by atoms with Crippen LogP contribution in [0.15, 0.2) is 155 Å². The van der Waals surface area contributed by atoms with E-state index in [1.165, 1.54) is 0 Å². The Bertz CT molecular complexity index is 5000. The van der Waals surface area contributed by atoms with Crippen LogP contribution in [0.2, 0.25) is 0 Å². The highest BCUT2D eigenvalue weighted by molar-refractivity contribution is 6.45. The fourth-order valence-corrected chi connectivity index (χ4v) is 11.7. The van der Waals surface area contributed by atoms with E-state index in [4.69, 9.17) is 70.8 Å². The molecule has 18 nitrogen and oxygen atoms in total. The number of nitrogens with two attached hydrogens (primary N) is 4. The van der Waals surface area contributed by atoms with Gasteiger partial charge in [-0.3, -0.25) is 18.4 Å². The molecular formula is C64H44N8O10. The molecule has 4 aromatic heterocycles. The van der Waals surface area contributed by atoms with Crippen LogP contribution in [0.1, 0.15) is 0 Å². The van der Waals surface area contributed by atoms with Crippen LogP contribution in [0.5, 0.6) is 69.0 Å². The summed E-state index contributed by atoms with van der Waals surface area (Å²) in [5.74, 6) is 3.81. The Morgan fingerprint density at radius 3 is 0.915 bits per heavy atom. The number of para-hydroxylation sites is 4. The van der Waals surface area contributed by atoms with Gasteiger partial charge in [-0.1, -0.05) is 24.3 Å². The minimum Gasteiger partial charge on any atom is -0.497 e. The Balaban J connectivity index is 1.24. The quantitative estimate of drug-likeness (QED) is 0.0504. The van der Waals surface area contributed by atoms with Gasteiger partial charge < -0.3 is 60.8 Å². The fourth-order valence-electron chi connectivity index (χ4n) is 11.7. The summed E-state index contributed by atoms with van der Waals surface area (Å²) in [6, 6.07) is 42.3. The number of pyridine rings is 2. The number of anilines is 4. The highest BCUT2D eigenvalue weighted by Gasteiger charge is 2.33. The topological polar surface area (TPSA) is 247 Å². The number of fused-ring (bicyclic) bond motifs is 10. The number of rotatable bonds is 12. The van der Waals surface area contributed by atoms with Crippen molar-refractivity contribution in [1.82, 2.24) is 18.8 Å². The summed E-state index contributed by atoms with van der Waals surface area (Å²) in [5.41, 5.74) is 30.6. The van der Waals surface area contributed by atoms with Crippen LogP contribution in [0.25, 0.3) is 98.0 Å². The highest BCUT2D eigenvalue weighted by Crippen LogP contribution is 2.58. The smallest absolute Gasteiger partial charge is 0.264 e. The predicted molar refractivity (Wildman–Crippen MR) is 320 cm³/mol. The van der Waals surface area contributed by atoms with E-state index in [0.29, 0.717) is 110 Å². The number of hydrogen-bond acceptors (Lipinski definition) is 16. The first-order valence-corrected chi connectivity index (χ1v) is 25.8. The zero-order valence-corrected chi connectivity index (χ0v) is 44.0. The van der Waals surface area contributed by atoms with Crippen molar-refractivity contribution in [3.63, 3.8) is 0 Å². The maximum Gasteiger partial charge on any atom is 0.264 e. The van der Waals surface area contributed by atoms with Gasteiger partial charge in [-0.15, -0.1) is 0 Å². The first-order chi connectivity index (χ1) is 39.9. The van der Waals surface area contributed by atoms with Gasteiger partial charge >= 0.3 is 0 Å². The van der Waals surface area contributed by atoms with Crippen LogP contribution in [0.3, 0.4) is 0 Å². The maximum absolute atomic E-state index is 15.8. The second kappa shape index (κ2) is 17.6. The maximum atomic E-state index is 15.8. The molecule has 0 amide bonds. The van der Waals surface area contributed by atoms with E-state index in [1.807, 2.05) is 60.7 Å². The Morgan fingerprint density at radius 2 is 0.622 bits per heavy atom. The van der Waals surface area contributed by atoms with Crippen LogP contribution in [0.4, 0.5) is 22.7 Å². The van der Waals surface area contributed by atoms with Crippen LogP contribution >= 0.6 is 0 Å². The van der Waals surface area contributed by atoms with Crippen molar-refractivity contribution in [3.8, 4) is 69.0 Å². The van der Waals surface area contributed by atoms with Gasteiger partial charge in [-0.2, -0.15) is 0 Å². The van der Waals surface area contributed by atoms with Gasteiger partial charge in [0.2, 0.25) is 0 Å². The minimum absolute atomic E-state index is 0.170. The normalized spacial score (nSPS) is 12.0. The van der Waals surface area contributed by atoms with Crippen molar-refractivity contribution >= 4 is 121 Å². The second-order valence-electron chi connectivity index (χ2n) is 19.8. The predicted octanol–water partition coefficient (Wildman–Crippen LogP) is 12.8. The van der Waals surface area contributed by atoms with Crippen LogP contribution in [-0.4, -0.2) is 47.2 Å². The summed E-state index contributed by atoms with van der Waals surface area (Å²) in [5, 5.41) is 5.11. The third-order valence-electron chi connectivity index (χ3n) is 15.4. The van der Waals surface area contributed by atoms with E-state index >= 15 is 9.59 Å². The third-order valence-corrected chi connectivity index (χ3v) is 15.4. The zero-order chi connectivity index (χ0) is 56.0. The molecule has 15 aromatic rings. The molecule has 0 bridgehead atoms. The summed E-state index contributed by atoms with van der Waals surface area (Å²) in [4.78, 5) is 41.8. The number of imidazole rings is 2. The Morgan fingerprint density at radius 1 is 0.329 bits per heavy atom. The number of nitrogens with zero attached hydrogens (tertiary/aromatic N) is 4. The lowest BCUT2D eigenvalue weighted by Crippen LogP contribution is -2.15. The van der Waals surface area contributed by atoms with E-state index in [2.05, 4.69) is 0 Å². The lowest BCUT2D eigenvalue weighted by Gasteiger charge is -2.25. The number of nitrogen functional groups attached to an aromatic ring is 4. The van der Waals surface area contributed by atoms with Gasteiger partial charge in [-0.25, -0.2) is 9.97 Å². The standard InChI is InChI=1S/C64H44N8O10/c1-75-29-13-17-45(37(65)21-29)79-49-25-33-53-35(63(73)71-43-11-7-5-9-41(43)69-61(33)71)28-52(82-48-20-16-32(78-4)24-40(48)68)58-56-50(80-46-18-14-30(76-2)22-38(46)66)26-34-54-36(64(74)72-44-12-8-6-10-42(44)70-62(34)72)27-51(57(60(54)56)55(49)59(53)58)81-47-19-15-31(77-3)23-39(47)67/h5-28H,65-68H2,1-4H3. The summed E-state index contributed by atoms with van der Waals surface area (Å²) in [6.07, 6.45) is 0. The van der Waals surface area contributed by atoms with E-state index in [9.17, 15) is 0 Å². The molecule has 400 valence electrons. The summed E-state index contributed by atoms with van der Waals surface area (Å²) in [6.45, 7) is 0. The second-order valence-corrected chi connectivity index (χ2v) is 19.8. The SMILES string of the molecule is COc1ccc(Oc2cc3c(=O)n4c5ccccc5nc4c4cc(Oc5ccc(OC)cc5N)c5c6c(Oc7ccc(OC)cc7N)cc7c(=O)n8c9ccccc9nc8c8cc(Oc9ccc(OC)cc9N)c(c2c5c34)c6c78)c(N)c1. The van der Waals surface area contributed by atoms with Gasteiger partial charge in [0, 0.05) is 78.1 Å². The molecule has 8 N–H and O–H groups in total. The van der Waals surface area contributed by atoms with Gasteiger partial charge in [0.15, 0.2) is 23.0 Å². The summed E-state index contributed by atoms with van der Waals surface area (Å²) in [7, 11) is 6.18. The molecule has 15 rings (SSSR count). The third kappa shape index (κ3) is 6.81. The number of hydrogen-bond donors (Lipinski definition) is 4. The van der Waals surface area contributed by atoms with Crippen molar-refractivity contribution in [2.75, 3.05) is 51.4 Å². The fraction of sp³-hybridized carbons (Fsp3) is 0.0625. The van der Waals surface area contributed by atoms with E-state index in [1.54, 1.807) is 122 Å². The van der Waals surface area contributed by atoms with Gasteiger partial charge in [0.1, 0.15) is 57.3 Å². The molecule has 0 saturated heterocycles. The van der Waals surface area contributed by atoms with Gasteiger partial charge in [0.25, 0.3) is 11.1 Å². The first-order valence-electron chi connectivity index (χ1n) is 25.8. The number of methoxy groups -OCH3 is 4. The van der Waals surface area contributed by atoms with Crippen molar-refractivity contribution in [2.45, 2.75) is 0 Å². The molecule has 0 aliphatic carbocycles. The van der Waals surface area contributed by atoms with Gasteiger partial charge in [-0.05, 0) is 97.1 Å². The largest absolute Gasteiger partial charge is 0.497 e. The first kappa shape index (κ1) is 47.8. The van der Waals surface area contributed by atoms with E-state index in [0.717, 1.165) is 0 Å². The lowest BCUT2D eigenvalue weighted by molar-refractivity contribution is 0.413. The molecule has 0 atom stereocenters. The van der Waals surface area contributed by atoms with Crippen molar-refractivity contribution in [2.24, 2.45) is 0 Å². The van der Waals surface area contributed by atoms with Crippen LogP contribution in [0, 0.1) is 0 Å². The van der Waals surface area contributed by atoms with Crippen LogP contribution in [-0.2, 0) is 0 Å². The molecule has 0 aliphatic heterocycles. The van der Waals surface area contributed by atoms with E-state index < -0.39 is 0 Å². The van der Waals surface area contributed by atoms with Crippen molar-refractivity contribution in [3.05, 3.63) is 166 Å². The molecule has 11 aromatic carbocycles. The lowest BCUT2D eigenvalue weighted by atomic mass is 9.84. The number of ether oxygens (including phenoxy) is 8. The summed E-state index contributed by atoms with van der Waals surface area (Å²) >= 11 is 0. The average molecular weight is 1090 g/mol. The molecular weight excluding hydrogens is 1040 g/mol. The van der Waals surface area contributed by atoms with Crippen molar-refractivity contribution < 1.29 is 37.9 Å². The minimum atomic E-state index is -0.389. The molecule has 0 radical (unpaired) electrons. The molecule has 0 aliphatic rings. The molecule has 0 spiro atoms. The zero-order valence-electron chi connectivity index (χ0n) is 44.0. The molecule has 0 fully saturated rings. The molecule has 4 heterocycles. The summed E-state index contributed by atoms with van der Waals surface area (Å²) < 4.78 is 54.2.